The number of carbonyl (C=O) groups is 1. The summed E-state index contributed by atoms with van der Waals surface area (Å²) in [5.74, 6) is -0.887. The number of carboxylic acid groups (broad SMARTS) is 1. The van der Waals surface area contributed by atoms with Gasteiger partial charge in [0.2, 0.25) is 0 Å². The average molecular weight is 214 g/mol. The number of carboxylic acids is 1. The van der Waals surface area contributed by atoms with Crippen LogP contribution in [-0.2, 0) is 4.79 Å². The van der Waals surface area contributed by atoms with Crippen LogP contribution in [0.2, 0.25) is 0 Å². The van der Waals surface area contributed by atoms with Gasteiger partial charge >= 0.3 is 5.97 Å². The highest BCUT2D eigenvalue weighted by atomic mass is 16.4. The van der Waals surface area contributed by atoms with Gasteiger partial charge in [0.25, 0.3) is 0 Å². The molecule has 0 amide bonds. The van der Waals surface area contributed by atoms with Gasteiger partial charge in [0.1, 0.15) is 6.04 Å². The van der Waals surface area contributed by atoms with E-state index in [1.165, 1.54) is 32.1 Å². The lowest BCUT2D eigenvalue weighted by atomic mass is 10.1. The Balaban J connectivity index is 2.20. The van der Waals surface area contributed by atoms with E-state index in [1.807, 2.05) is 0 Å². The molecule has 0 aromatic carbocycles. The van der Waals surface area contributed by atoms with Crippen LogP contribution >= 0.6 is 0 Å². The number of aliphatic carboxylic acids is 1. The van der Waals surface area contributed by atoms with E-state index in [0.29, 0.717) is 6.42 Å². The molecule has 1 heterocycles. The Hall–Kier alpha value is -0.610. The third-order valence-corrected chi connectivity index (χ3v) is 3.02. The van der Waals surface area contributed by atoms with Gasteiger partial charge < -0.3 is 15.7 Å². The highest BCUT2D eigenvalue weighted by Gasteiger charge is 2.14. The molecule has 1 aliphatic rings. The second-order valence-electron chi connectivity index (χ2n) is 4.34. The molecule has 0 bridgehead atoms. The lowest BCUT2D eigenvalue weighted by molar-refractivity contribution is -0.138. The first kappa shape index (κ1) is 12.5. The topological polar surface area (TPSA) is 66.6 Å². The molecular weight excluding hydrogens is 192 g/mol. The van der Waals surface area contributed by atoms with E-state index in [9.17, 15) is 4.79 Å². The predicted octanol–water partition coefficient (Wildman–Crippen LogP) is 1.05. The van der Waals surface area contributed by atoms with Crippen molar-refractivity contribution in [2.24, 2.45) is 5.73 Å². The molecule has 88 valence electrons. The first-order valence-corrected chi connectivity index (χ1v) is 5.91. The Morgan fingerprint density at radius 2 is 1.73 bits per heavy atom. The Morgan fingerprint density at radius 1 is 1.20 bits per heavy atom. The van der Waals surface area contributed by atoms with Crippen molar-refractivity contribution in [3.05, 3.63) is 0 Å². The quantitative estimate of drug-likeness (QED) is 0.734. The zero-order valence-corrected chi connectivity index (χ0v) is 9.32. The predicted molar refractivity (Wildman–Crippen MR) is 59.8 cm³/mol. The molecule has 3 N–H and O–H groups in total. The fourth-order valence-electron chi connectivity index (χ4n) is 1.98. The van der Waals surface area contributed by atoms with Gasteiger partial charge in [-0.25, -0.2) is 0 Å². The fourth-order valence-corrected chi connectivity index (χ4v) is 1.98. The summed E-state index contributed by atoms with van der Waals surface area (Å²) in [6.45, 7) is 3.03. The minimum Gasteiger partial charge on any atom is -0.480 e. The van der Waals surface area contributed by atoms with Crippen LogP contribution in [0.15, 0.2) is 0 Å². The van der Waals surface area contributed by atoms with Crippen LogP contribution in [0.5, 0.6) is 0 Å². The van der Waals surface area contributed by atoms with Crippen LogP contribution in [0.1, 0.15) is 38.5 Å². The summed E-state index contributed by atoms with van der Waals surface area (Å²) in [5.41, 5.74) is 5.48. The Bertz CT molecular complexity index is 189. The largest absolute Gasteiger partial charge is 0.480 e. The van der Waals surface area contributed by atoms with Crippen LogP contribution in [0.25, 0.3) is 0 Å². The summed E-state index contributed by atoms with van der Waals surface area (Å²) in [7, 11) is 0. The molecule has 0 aromatic heterocycles. The molecule has 0 spiro atoms. The van der Waals surface area contributed by atoms with E-state index in [2.05, 4.69) is 4.90 Å². The van der Waals surface area contributed by atoms with Crippen LogP contribution < -0.4 is 5.73 Å². The minimum absolute atomic E-state index is 0.565. The summed E-state index contributed by atoms with van der Waals surface area (Å²) in [5, 5.41) is 8.67. The fraction of sp³-hybridized carbons (Fsp3) is 0.909. The van der Waals surface area contributed by atoms with Crippen molar-refractivity contribution in [1.29, 1.82) is 0 Å². The van der Waals surface area contributed by atoms with Crippen molar-refractivity contribution in [3.8, 4) is 0 Å². The zero-order valence-electron chi connectivity index (χ0n) is 9.32. The van der Waals surface area contributed by atoms with Crippen LogP contribution in [-0.4, -0.2) is 41.7 Å². The number of likely N-dealkylation sites (tertiary alicyclic amines) is 1. The molecule has 1 aliphatic heterocycles. The molecule has 4 nitrogen and oxygen atoms in total. The third-order valence-electron chi connectivity index (χ3n) is 3.02. The van der Waals surface area contributed by atoms with E-state index in [0.717, 1.165) is 19.6 Å². The number of hydrogen-bond donors (Lipinski definition) is 2. The first-order valence-electron chi connectivity index (χ1n) is 5.91. The van der Waals surface area contributed by atoms with E-state index in [4.69, 9.17) is 10.8 Å². The van der Waals surface area contributed by atoms with Gasteiger partial charge in [-0.1, -0.05) is 19.3 Å². The summed E-state index contributed by atoms with van der Waals surface area (Å²) < 4.78 is 0. The molecular formula is C11H22N2O2. The van der Waals surface area contributed by atoms with E-state index < -0.39 is 12.0 Å². The molecule has 0 aromatic rings. The second kappa shape index (κ2) is 6.80. The van der Waals surface area contributed by atoms with Gasteiger partial charge in [0.15, 0.2) is 0 Å². The zero-order chi connectivity index (χ0) is 11.1. The molecule has 4 heteroatoms. The average Bonchev–Trinajstić information content (AvgIpc) is 2.15. The van der Waals surface area contributed by atoms with Crippen molar-refractivity contribution in [3.63, 3.8) is 0 Å². The molecule has 15 heavy (non-hydrogen) atoms. The summed E-state index contributed by atoms with van der Waals surface area (Å²) >= 11 is 0. The van der Waals surface area contributed by atoms with Gasteiger partial charge in [-0.05, 0) is 32.4 Å². The van der Waals surface area contributed by atoms with Crippen molar-refractivity contribution < 1.29 is 9.90 Å². The maximum absolute atomic E-state index is 10.6. The molecule has 0 radical (unpaired) electrons. The molecule has 0 aliphatic carbocycles. The highest BCUT2D eigenvalue weighted by Crippen LogP contribution is 2.10. The van der Waals surface area contributed by atoms with E-state index >= 15 is 0 Å². The monoisotopic (exact) mass is 214 g/mol. The number of rotatable bonds is 4. The van der Waals surface area contributed by atoms with Crippen molar-refractivity contribution >= 4 is 5.97 Å². The lowest BCUT2D eigenvalue weighted by Gasteiger charge is -2.24. The standard InChI is InChI=1S/C11H22N2O2/c12-10(11(14)15)6-9-13-7-4-2-1-3-5-8-13/h10H,1-9,12H2,(H,14,15). The van der Waals surface area contributed by atoms with Crippen LogP contribution in [0.3, 0.4) is 0 Å². The second-order valence-corrected chi connectivity index (χ2v) is 4.34. The number of nitrogens with zero attached hydrogens (tertiary/aromatic N) is 1. The molecule has 1 atom stereocenters. The van der Waals surface area contributed by atoms with Crippen molar-refractivity contribution in [2.75, 3.05) is 19.6 Å². The smallest absolute Gasteiger partial charge is 0.320 e. The summed E-state index contributed by atoms with van der Waals surface area (Å²) in [4.78, 5) is 12.9. The summed E-state index contributed by atoms with van der Waals surface area (Å²) in [6, 6.07) is -0.699. The lowest BCUT2D eigenvalue weighted by Crippen LogP contribution is -2.36. The molecule has 1 unspecified atom stereocenters. The van der Waals surface area contributed by atoms with Gasteiger partial charge in [0.05, 0.1) is 0 Å². The molecule has 1 rings (SSSR count). The Labute approximate surface area is 91.4 Å². The van der Waals surface area contributed by atoms with Crippen molar-refractivity contribution in [2.45, 2.75) is 44.6 Å². The third kappa shape index (κ3) is 5.14. The summed E-state index contributed by atoms with van der Waals surface area (Å²) in [6.07, 6.45) is 7.01. The SMILES string of the molecule is NC(CCN1CCCCCCC1)C(=O)O. The number of hydrogen-bond acceptors (Lipinski definition) is 3. The van der Waals surface area contributed by atoms with Gasteiger partial charge in [0, 0.05) is 6.54 Å². The van der Waals surface area contributed by atoms with Gasteiger partial charge in [-0.3, -0.25) is 4.79 Å². The Morgan fingerprint density at radius 3 is 2.27 bits per heavy atom. The van der Waals surface area contributed by atoms with Gasteiger partial charge in [-0.2, -0.15) is 0 Å². The number of nitrogens with two attached hydrogens (primary N) is 1. The molecule has 1 saturated heterocycles. The normalized spacial score (nSPS) is 21.7. The first-order chi connectivity index (χ1) is 7.20. The van der Waals surface area contributed by atoms with Gasteiger partial charge in [-0.15, -0.1) is 0 Å². The highest BCUT2D eigenvalue weighted by molar-refractivity contribution is 5.72. The van der Waals surface area contributed by atoms with Crippen LogP contribution in [0.4, 0.5) is 0 Å². The molecule has 0 saturated carbocycles. The van der Waals surface area contributed by atoms with Crippen LogP contribution in [0, 0.1) is 0 Å². The Kier molecular flexibility index (Phi) is 5.65. The van der Waals surface area contributed by atoms with E-state index in [1.54, 1.807) is 0 Å². The minimum atomic E-state index is -0.887. The van der Waals surface area contributed by atoms with Crippen molar-refractivity contribution in [1.82, 2.24) is 4.90 Å². The molecule has 1 fully saturated rings. The maximum atomic E-state index is 10.6. The maximum Gasteiger partial charge on any atom is 0.320 e. The van der Waals surface area contributed by atoms with E-state index in [-0.39, 0.29) is 0 Å².